The summed E-state index contributed by atoms with van der Waals surface area (Å²) in [5, 5.41) is 17.9. The number of hydrogen-bond acceptors (Lipinski definition) is 12. The lowest BCUT2D eigenvalue weighted by molar-refractivity contribution is 0.475. The van der Waals surface area contributed by atoms with Crippen LogP contribution < -0.4 is 37.0 Å². The Morgan fingerprint density at radius 2 is 1.48 bits per heavy atom. The van der Waals surface area contributed by atoms with Gasteiger partial charge in [-0.3, -0.25) is 4.31 Å². The molecule has 1 aromatic heterocycles. The third kappa shape index (κ3) is 7.83. The number of phenolic OH excluding ortho intramolecular Hbond substituents is 1. The second-order valence-corrected chi connectivity index (χ2v) is 13.0. The zero-order valence-corrected chi connectivity index (χ0v) is 27.1. The normalized spacial score (nSPS) is 15.0. The van der Waals surface area contributed by atoms with Crippen LogP contribution in [0.2, 0.25) is 0 Å². The molecule has 9 N–H and O–H groups in total. The van der Waals surface area contributed by atoms with Crippen LogP contribution in [0, 0.1) is 6.92 Å². The maximum Gasteiger partial charge on any atom is 0.264 e. The molecule has 46 heavy (non-hydrogen) atoms. The van der Waals surface area contributed by atoms with Gasteiger partial charge >= 0.3 is 0 Å². The summed E-state index contributed by atoms with van der Waals surface area (Å²) in [5.41, 5.74) is 2.45. The van der Waals surface area contributed by atoms with E-state index in [-0.39, 0.29) is 38.0 Å². The summed E-state index contributed by atoms with van der Waals surface area (Å²) in [5.74, 6) is 1.43. The van der Waals surface area contributed by atoms with Gasteiger partial charge in [-0.2, -0.15) is 15.0 Å². The number of aromatic nitrogens is 3. The summed E-state index contributed by atoms with van der Waals surface area (Å²) in [6.45, 7) is 7.06. The van der Waals surface area contributed by atoms with Crippen molar-refractivity contribution in [3.63, 3.8) is 0 Å². The first-order valence-electron chi connectivity index (χ1n) is 15.1. The maximum absolute atomic E-state index is 13.9. The molecule has 2 aliphatic rings. The van der Waals surface area contributed by atoms with Gasteiger partial charge in [0.25, 0.3) is 10.0 Å². The van der Waals surface area contributed by atoms with Gasteiger partial charge in [-0.15, -0.1) is 0 Å². The van der Waals surface area contributed by atoms with Crippen LogP contribution in [0.4, 0.5) is 29.2 Å². The quantitative estimate of drug-likeness (QED) is 0.158. The lowest BCUT2D eigenvalue weighted by Gasteiger charge is -2.30. The highest BCUT2D eigenvalue weighted by Gasteiger charge is 2.28. The number of nitrogens with zero attached hydrogens (tertiary/aromatic N) is 6. The Morgan fingerprint density at radius 1 is 0.848 bits per heavy atom. The van der Waals surface area contributed by atoms with Crippen molar-refractivity contribution in [2.24, 2.45) is 0 Å². The molecule has 0 aliphatic carbocycles. The Balaban J connectivity index is 0.00000200. The van der Waals surface area contributed by atoms with Crippen molar-refractivity contribution < 1.29 is 16.4 Å². The molecule has 13 nitrogen and oxygen atoms in total. The van der Waals surface area contributed by atoms with Gasteiger partial charge in [-0.1, -0.05) is 48.0 Å². The lowest BCUT2D eigenvalue weighted by atomic mass is 10.1. The predicted molar refractivity (Wildman–Crippen MR) is 188 cm³/mol. The third-order valence-electron chi connectivity index (χ3n) is 7.93. The second kappa shape index (κ2) is 15.2. The summed E-state index contributed by atoms with van der Waals surface area (Å²) in [4.78, 5) is 18.8. The molecule has 2 aliphatic heterocycles. The van der Waals surface area contributed by atoms with E-state index in [1.54, 1.807) is 36.4 Å². The van der Waals surface area contributed by atoms with Gasteiger partial charge in [-0.25, -0.2) is 8.42 Å². The average Bonchev–Trinajstić information content (AvgIpc) is 3.05. The first-order valence-corrected chi connectivity index (χ1v) is 16.5. The maximum atomic E-state index is 13.9. The second-order valence-electron chi connectivity index (χ2n) is 11.2. The van der Waals surface area contributed by atoms with E-state index in [0.717, 1.165) is 63.2 Å². The van der Waals surface area contributed by atoms with Crippen molar-refractivity contribution >= 4 is 39.2 Å². The Hall–Kier alpha value is -4.50. The van der Waals surface area contributed by atoms with Crippen LogP contribution in [-0.2, 0) is 16.6 Å². The molecule has 0 unspecified atom stereocenters. The Morgan fingerprint density at radius 3 is 2.11 bits per heavy atom. The molecule has 0 saturated carbocycles. The van der Waals surface area contributed by atoms with Gasteiger partial charge in [0, 0.05) is 53.9 Å². The third-order valence-corrected chi connectivity index (χ3v) is 9.70. The summed E-state index contributed by atoms with van der Waals surface area (Å²) in [6.07, 6.45) is 3.39. The van der Waals surface area contributed by atoms with E-state index in [1.165, 1.54) is 16.8 Å². The zero-order chi connectivity index (χ0) is 30.5. The predicted octanol–water partition coefficient (Wildman–Crippen LogP) is 5.24. The summed E-state index contributed by atoms with van der Waals surface area (Å²) in [7, 11) is -4.00. The topological polar surface area (TPSA) is 197 Å². The number of benzene rings is 3. The minimum Gasteiger partial charge on any atom is -0.506 e. The van der Waals surface area contributed by atoms with Crippen molar-refractivity contribution in [3.8, 4) is 5.75 Å². The Kier molecular flexibility index (Phi) is 11.4. The van der Waals surface area contributed by atoms with Crippen molar-refractivity contribution in [2.45, 2.75) is 37.6 Å². The molecule has 2 saturated heterocycles. The van der Waals surface area contributed by atoms with Gasteiger partial charge in [0.15, 0.2) is 0 Å². The number of aromatic hydroxyl groups is 1. The molecule has 0 amide bonds. The van der Waals surface area contributed by atoms with Crippen LogP contribution in [0.1, 0.15) is 33.2 Å². The zero-order valence-electron chi connectivity index (χ0n) is 26.3. The number of anilines is 5. The van der Waals surface area contributed by atoms with Crippen molar-refractivity contribution in [2.75, 3.05) is 58.7 Å². The van der Waals surface area contributed by atoms with Crippen LogP contribution in [0.3, 0.4) is 0 Å². The monoisotopic (exact) mass is 652 g/mol. The van der Waals surface area contributed by atoms with Crippen LogP contribution in [0.5, 0.6) is 5.75 Å². The van der Waals surface area contributed by atoms with Crippen molar-refractivity contribution in [1.82, 2.24) is 32.6 Å². The number of phenols is 1. The van der Waals surface area contributed by atoms with E-state index in [9.17, 15) is 13.5 Å². The highest BCUT2D eigenvalue weighted by molar-refractivity contribution is 7.92. The van der Waals surface area contributed by atoms with Gasteiger partial charge in [-0.05, 0) is 56.0 Å². The van der Waals surface area contributed by atoms with Crippen molar-refractivity contribution in [1.29, 1.82) is 0 Å². The summed E-state index contributed by atoms with van der Waals surface area (Å²) < 4.78 is 29.1. The van der Waals surface area contributed by atoms with Gasteiger partial charge in [0.1, 0.15) is 5.75 Å². The van der Waals surface area contributed by atoms with Crippen LogP contribution in [0.25, 0.3) is 0 Å². The number of hydrogen-bond donors (Lipinski definition) is 5. The average molecular weight is 653 g/mol. The Labute approximate surface area is 273 Å². The lowest BCUT2D eigenvalue weighted by Crippen LogP contribution is -2.44. The van der Waals surface area contributed by atoms with Crippen LogP contribution in [0.15, 0.2) is 77.7 Å². The molecule has 3 aromatic carbocycles. The molecular formula is C32H48N10O3S. The van der Waals surface area contributed by atoms with Gasteiger partial charge < -0.3 is 37.8 Å². The molecule has 0 radical (unpaired) electrons. The summed E-state index contributed by atoms with van der Waals surface area (Å²) in [6, 6.07) is 20.9. The number of nitrogens with one attached hydrogen (secondary N) is 2. The first kappa shape index (κ1) is 34.4. The largest absolute Gasteiger partial charge is 0.506 e. The number of piperazine rings is 1. The SMILES string of the molecule is Cc1ccc(S(=O)(=O)N(Cc2ccccc2)c2ccc(Nc3nc(N4CCCCC4)nc(N4CCNCC4)n3)cc2O)cc1.N.N.[HH].[HH]. The first-order chi connectivity index (χ1) is 21.4. The molecular weight excluding hydrogens is 604 g/mol. The Bertz CT molecular complexity index is 1650. The van der Waals surface area contributed by atoms with Gasteiger partial charge in [0.05, 0.1) is 17.1 Å². The van der Waals surface area contributed by atoms with E-state index in [1.807, 2.05) is 37.3 Å². The molecule has 0 atom stereocenters. The molecule has 14 heteroatoms. The molecule has 2 fully saturated rings. The fraction of sp³-hybridized carbons (Fsp3) is 0.344. The van der Waals surface area contributed by atoms with E-state index >= 15 is 0 Å². The minimum atomic E-state index is -4.00. The number of aryl methyl sites for hydroxylation is 1. The number of piperidine rings is 1. The summed E-state index contributed by atoms with van der Waals surface area (Å²) >= 11 is 0. The van der Waals surface area contributed by atoms with E-state index in [0.29, 0.717) is 23.5 Å². The van der Waals surface area contributed by atoms with Crippen LogP contribution in [-0.4, -0.2) is 67.7 Å². The number of rotatable bonds is 9. The smallest absolute Gasteiger partial charge is 0.264 e. The standard InChI is InChI=1S/C32H38N8O3S.2H3N.2H2/c1-24-10-13-27(14-11-24)44(42,43)40(23-25-8-4-2-5-9-25)28-15-12-26(22-29(28)41)34-30-35-31(38-18-6-3-7-19-38)37-32(36-30)39-20-16-33-17-21-39;;;;/h2,4-5,8-15,22,33,41H,3,6-7,16-21,23H2,1H3,(H,34,35,36,37);2*1H3;2*1H. The van der Waals surface area contributed by atoms with E-state index in [2.05, 4.69) is 20.4 Å². The molecule has 250 valence electrons. The molecule has 0 bridgehead atoms. The molecule has 0 spiro atoms. The number of sulfonamides is 1. The molecule has 6 rings (SSSR count). The highest BCUT2D eigenvalue weighted by Crippen LogP contribution is 2.36. The minimum absolute atomic E-state index is 0. The van der Waals surface area contributed by atoms with Gasteiger partial charge in [0.2, 0.25) is 17.8 Å². The molecule has 4 aromatic rings. The van der Waals surface area contributed by atoms with E-state index < -0.39 is 10.0 Å². The highest BCUT2D eigenvalue weighted by atomic mass is 32.2. The van der Waals surface area contributed by atoms with Crippen molar-refractivity contribution in [3.05, 3.63) is 83.9 Å². The van der Waals surface area contributed by atoms with E-state index in [4.69, 9.17) is 15.0 Å². The fourth-order valence-electron chi connectivity index (χ4n) is 5.48. The fourth-order valence-corrected chi connectivity index (χ4v) is 6.95. The molecule has 3 heterocycles. The van der Waals surface area contributed by atoms with Crippen LogP contribution >= 0.6 is 0 Å².